The third kappa shape index (κ3) is 2.34. The average molecular weight is 281 g/mol. The van der Waals surface area contributed by atoms with Crippen LogP contribution in [0.2, 0.25) is 5.02 Å². The Kier molecular flexibility index (Phi) is 3.57. The van der Waals surface area contributed by atoms with Crippen LogP contribution in [0, 0.1) is 6.92 Å². The quantitative estimate of drug-likeness (QED) is 0.869. The van der Waals surface area contributed by atoms with Crippen LogP contribution in [0.5, 0.6) is 0 Å². The highest BCUT2D eigenvalue weighted by Gasteiger charge is 2.29. The van der Waals surface area contributed by atoms with E-state index in [1.165, 1.54) is 11.3 Å². The minimum absolute atomic E-state index is 0.580. The van der Waals surface area contributed by atoms with Crippen molar-refractivity contribution in [3.63, 3.8) is 0 Å². The summed E-state index contributed by atoms with van der Waals surface area (Å²) in [5.74, 6) is 0. The Bertz CT molecular complexity index is 587. The second-order valence-corrected chi connectivity index (χ2v) is 6.04. The van der Waals surface area contributed by atoms with Gasteiger partial charge in [-0.2, -0.15) is 0 Å². The second kappa shape index (κ2) is 4.84. The molecule has 1 heterocycles. The summed E-state index contributed by atoms with van der Waals surface area (Å²) in [6, 6.07) is 8.85. The Morgan fingerprint density at radius 2 is 2.11 bits per heavy atom. The molecule has 1 unspecified atom stereocenters. The largest absolute Gasteiger partial charge is 0.381 e. The lowest BCUT2D eigenvalue weighted by molar-refractivity contribution is 0.102. The highest BCUT2D eigenvalue weighted by atomic mass is 35.5. The predicted molar refractivity (Wildman–Crippen MR) is 74.6 cm³/mol. The molecule has 1 atom stereocenters. The summed E-state index contributed by atoms with van der Waals surface area (Å²) in [6.07, 6.45) is 0.801. The van der Waals surface area contributed by atoms with Crippen molar-refractivity contribution in [3.05, 3.63) is 56.2 Å². The zero-order valence-corrected chi connectivity index (χ0v) is 11.7. The third-order valence-corrected chi connectivity index (χ3v) is 4.18. The zero-order valence-electron chi connectivity index (χ0n) is 10.1. The SMILES string of the molecule is Cc1sc(C=O)cc1C(C)(O)c1cccc(Cl)c1. The number of hydrogen-bond donors (Lipinski definition) is 1. The van der Waals surface area contributed by atoms with Crippen LogP contribution in [0.25, 0.3) is 0 Å². The summed E-state index contributed by atoms with van der Waals surface area (Å²) in [7, 11) is 0. The van der Waals surface area contributed by atoms with Crippen LogP contribution in [0.4, 0.5) is 0 Å². The molecule has 1 aromatic carbocycles. The van der Waals surface area contributed by atoms with Gasteiger partial charge in [-0.1, -0.05) is 23.7 Å². The lowest BCUT2D eigenvalue weighted by Crippen LogP contribution is -2.22. The van der Waals surface area contributed by atoms with E-state index < -0.39 is 5.60 Å². The summed E-state index contributed by atoms with van der Waals surface area (Å²) in [6.45, 7) is 3.61. The molecule has 0 saturated carbocycles. The Labute approximate surface area is 115 Å². The van der Waals surface area contributed by atoms with Crippen LogP contribution < -0.4 is 0 Å². The highest BCUT2D eigenvalue weighted by molar-refractivity contribution is 7.13. The third-order valence-electron chi connectivity index (χ3n) is 2.96. The van der Waals surface area contributed by atoms with E-state index in [4.69, 9.17) is 11.6 Å². The van der Waals surface area contributed by atoms with E-state index in [1.807, 2.05) is 13.0 Å². The Hall–Kier alpha value is -1.16. The van der Waals surface area contributed by atoms with Gasteiger partial charge in [-0.25, -0.2) is 0 Å². The van der Waals surface area contributed by atoms with E-state index in [-0.39, 0.29) is 0 Å². The van der Waals surface area contributed by atoms with Gasteiger partial charge in [0.05, 0.1) is 4.88 Å². The number of carbonyl (C=O) groups excluding carboxylic acids is 1. The summed E-state index contributed by atoms with van der Waals surface area (Å²) >= 11 is 7.33. The number of hydrogen-bond acceptors (Lipinski definition) is 3. The Morgan fingerprint density at radius 3 is 2.67 bits per heavy atom. The van der Waals surface area contributed by atoms with E-state index in [0.29, 0.717) is 15.5 Å². The fourth-order valence-electron chi connectivity index (χ4n) is 1.99. The van der Waals surface area contributed by atoms with Gasteiger partial charge >= 0.3 is 0 Å². The van der Waals surface area contributed by atoms with Gasteiger partial charge < -0.3 is 5.11 Å². The number of benzene rings is 1. The molecule has 18 heavy (non-hydrogen) atoms. The van der Waals surface area contributed by atoms with E-state index in [2.05, 4.69) is 0 Å². The van der Waals surface area contributed by atoms with Gasteiger partial charge in [0.1, 0.15) is 5.60 Å². The van der Waals surface area contributed by atoms with E-state index in [9.17, 15) is 9.90 Å². The number of halogens is 1. The summed E-state index contributed by atoms with van der Waals surface area (Å²) in [4.78, 5) is 12.3. The standard InChI is InChI=1S/C14H13ClO2S/c1-9-13(7-12(8-16)18-9)14(2,17)10-4-3-5-11(15)6-10/h3-8,17H,1-2H3. The molecule has 4 heteroatoms. The highest BCUT2D eigenvalue weighted by Crippen LogP contribution is 2.36. The number of aliphatic hydroxyl groups is 1. The molecule has 0 aliphatic rings. The van der Waals surface area contributed by atoms with Crippen molar-refractivity contribution in [1.29, 1.82) is 0 Å². The van der Waals surface area contributed by atoms with Gasteiger partial charge in [-0.15, -0.1) is 11.3 Å². The van der Waals surface area contributed by atoms with Crippen LogP contribution in [-0.2, 0) is 5.60 Å². The molecule has 0 saturated heterocycles. The fourth-order valence-corrected chi connectivity index (χ4v) is 3.13. The van der Waals surface area contributed by atoms with E-state index >= 15 is 0 Å². The molecule has 0 aliphatic heterocycles. The van der Waals surface area contributed by atoms with Crippen molar-refractivity contribution >= 4 is 29.2 Å². The summed E-state index contributed by atoms with van der Waals surface area (Å²) in [5, 5.41) is 11.3. The maximum Gasteiger partial charge on any atom is 0.160 e. The van der Waals surface area contributed by atoms with Crippen LogP contribution in [0.3, 0.4) is 0 Å². The van der Waals surface area contributed by atoms with Crippen LogP contribution in [-0.4, -0.2) is 11.4 Å². The number of thiophene rings is 1. The number of carbonyl (C=O) groups is 1. The smallest absolute Gasteiger partial charge is 0.160 e. The van der Waals surface area contributed by atoms with Gasteiger partial charge in [0, 0.05) is 15.5 Å². The van der Waals surface area contributed by atoms with Crippen LogP contribution >= 0.6 is 22.9 Å². The maximum atomic E-state index is 10.8. The van der Waals surface area contributed by atoms with Crippen molar-refractivity contribution in [2.45, 2.75) is 19.4 Å². The number of aldehydes is 1. The molecule has 1 aromatic heterocycles. The molecular weight excluding hydrogens is 268 g/mol. The molecule has 0 fully saturated rings. The lowest BCUT2D eigenvalue weighted by atomic mass is 9.88. The van der Waals surface area contributed by atoms with Crippen molar-refractivity contribution in [1.82, 2.24) is 0 Å². The summed E-state index contributed by atoms with van der Waals surface area (Å²) < 4.78 is 0. The number of aryl methyl sites for hydroxylation is 1. The van der Waals surface area contributed by atoms with Crippen molar-refractivity contribution in [3.8, 4) is 0 Å². The van der Waals surface area contributed by atoms with E-state index in [0.717, 1.165) is 16.7 Å². The van der Waals surface area contributed by atoms with E-state index in [1.54, 1.807) is 31.2 Å². The predicted octanol–water partition coefficient (Wildman–Crippen LogP) is 3.78. The van der Waals surface area contributed by atoms with Crippen molar-refractivity contribution < 1.29 is 9.90 Å². The molecule has 0 aliphatic carbocycles. The molecule has 0 radical (unpaired) electrons. The normalized spacial score (nSPS) is 14.2. The molecule has 94 valence electrons. The first kappa shape index (κ1) is 13.3. The number of rotatable bonds is 3. The molecule has 2 rings (SSSR count). The van der Waals surface area contributed by atoms with Gasteiger partial charge in [-0.05, 0) is 37.6 Å². The first-order valence-corrected chi connectivity index (χ1v) is 6.69. The summed E-state index contributed by atoms with van der Waals surface area (Å²) in [5.41, 5.74) is 0.317. The Morgan fingerprint density at radius 1 is 1.39 bits per heavy atom. The minimum atomic E-state index is -1.15. The second-order valence-electron chi connectivity index (χ2n) is 4.32. The first-order valence-electron chi connectivity index (χ1n) is 5.49. The van der Waals surface area contributed by atoms with Gasteiger partial charge in [0.25, 0.3) is 0 Å². The average Bonchev–Trinajstić information content (AvgIpc) is 2.71. The van der Waals surface area contributed by atoms with Gasteiger partial charge in [0.15, 0.2) is 6.29 Å². The molecule has 0 bridgehead atoms. The lowest BCUT2D eigenvalue weighted by Gasteiger charge is -2.24. The van der Waals surface area contributed by atoms with Crippen LogP contribution in [0.1, 0.15) is 32.6 Å². The molecule has 0 spiro atoms. The van der Waals surface area contributed by atoms with Crippen molar-refractivity contribution in [2.24, 2.45) is 0 Å². The first-order chi connectivity index (χ1) is 8.45. The topological polar surface area (TPSA) is 37.3 Å². The Balaban J connectivity index is 2.53. The van der Waals surface area contributed by atoms with Gasteiger partial charge in [0.2, 0.25) is 0 Å². The minimum Gasteiger partial charge on any atom is -0.381 e. The monoisotopic (exact) mass is 280 g/mol. The molecule has 2 nitrogen and oxygen atoms in total. The van der Waals surface area contributed by atoms with Crippen LogP contribution in [0.15, 0.2) is 30.3 Å². The molecule has 0 amide bonds. The zero-order chi connectivity index (χ0) is 13.3. The molecule has 1 N–H and O–H groups in total. The fraction of sp³-hybridized carbons (Fsp3) is 0.214. The van der Waals surface area contributed by atoms with Gasteiger partial charge in [-0.3, -0.25) is 4.79 Å². The molecular formula is C14H13ClO2S. The van der Waals surface area contributed by atoms with Crippen molar-refractivity contribution in [2.75, 3.05) is 0 Å². The maximum absolute atomic E-state index is 10.8. The molecule has 2 aromatic rings.